The van der Waals surface area contributed by atoms with E-state index in [-0.39, 0.29) is 0 Å². The van der Waals surface area contributed by atoms with Crippen molar-refractivity contribution in [2.75, 3.05) is 12.4 Å². The zero-order chi connectivity index (χ0) is 14.7. The summed E-state index contributed by atoms with van der Waals surface area (Å²) in [7, 11) is 1.89. The molecule has 0 aliphatic carbocycles. The largest absolute Gasteiger partial charge is 0.487 e. The summed E-state index contributed by atoms with van der Waals surface area (Å²) in [6.45, 7) is 2.31. The van der Waals surface area contributed by atoms with Crippen LogP contribution in [0.3, 0.4) is 0 Å². The SMILES string of the molecule is CNc1ccc(OCc2nc(-c3cccs3)oc2C)cc1. The number of anilines is 1. The van der Waals surface area contributed by atoms with Crippen molar-refractivity contribution in [3.8, 4) is 16.5 Å². The van der Waals surface area contributed by atoms with Gasteiger partial charge >= 0.3 is 0 Å². The lowest BCUT2D eigenvalue weighted by molar-refractivity contribution is 0.299. The Hall–Kier alpha value is -2.27. The second-order valence-electron chi connectivity index (χ2n) is 4.56. The van der Waals surface area contributed by atoms with Crippen molar-refractivity contribution in [1.29, 1.82) is 0 Å². The number of nitrogens with one attached hydrogen (secondary N) is 1. The summed E-state index contributed by atoms with van der Waals surface area (Å²) in [5.74, 6) is 2.27. The molecule has 1 N–H and O–H groups in total. The third-order valence-electron chi connectivity index (χ3n) is 3.14. The molecule has 0 radical (unpaired) electrons. The Morgan fingerprint density at radius 1 is 1.24 bits per heavy atom. The number of oxazole rings is 1. The second-order valence-corrected chi connectivity index (χ2v) is 5.51. The highest BCUT2D eigenvalue weighted by Crippen LogP contribution is 2.26. The van der Waals surface area contributed by atoms with Gasteiger partial charge in [0.25, 0.3) is 0 Å². The normalized spacial score (nSPS) is 10.6. The molecule has 5 heteroatoms. The first-order valence-electron chi connectivity index (χ1n) is 6.67. The average Bonchev–Trinajstić information content (AvgIpc) is 3.15. The molecule has 2 heterocycles. The molecule has 3 aromatic rings. The number of benzene rings is 1. The Bertz CT molecular complexity index is 702. The second kappa shape index (κ2) is 6.01. The fourth-order valence-electron chi connectivity index (χ4n) is 1.94. The van der Waals surface area contributed by atoms with Crippen molar-refractivity contribution < 1.29 is 9.15 Å². The minimum Gasteiger partial charge on any atom is -0.487 e. The van der Waals surface area contributed by atoms with E-state index in [0.29, 0.717) is 12.5 Å². The number of aromatic nitrogens is 1. The Balaban J connectivity index is 1.70. The zero-order valence-corrected chi connectivity index (χ0v) is 12.7. The summed E-state index contributed by atoms with van der Waals surface area (Å²) in [5, 5.41) is 5.08. The van der Waals surface area contributed by atoms with Gasteiger partial charge in [0.15, 0.2) is 0 Å². The molecular weight excluding hydrogens is 284 g/mol. The maximum absolute atomic E-state index is 5.76. The van der Waals surface area contributed by atoms with Gasteiger partial charge in [-0.05, 0) is 42.6 Å². The minimum absolute atomic E-state index is 0.402. The van der Waals surface area contributed by atoms with Gasteiger partial charge in [0, 0.05) is 12.7 Å². The quantitative estimate of drug-likeness (QED) is 0.761. The lowest BCUT2D eigenvalue weighted by Crippen LogP contribution is -1.97. The van der Waals surface area contributed by atoms with Gasteiger partial charge in [-0.15, -0.1) is 11.3 Å². The molecule has 0 spiro atoms. The van der Waals surface area contributed by atoms with Crippen molar-refractivity contribution in [2.24, 2.45) is 0 Å². The molecular formula is C16H16N2O2S. The fraction of sp³-hybridized carbons (Fsp3) is 0.188. The highest BCUT2D eigenvalue weighted by molar-refractivity contribution is 7.13. The molecule has 0 saturated heterocycles. The number of aryl methyl sites for hydroxylation is 1. The van der Waals surface area contributed by atoms with Gasteiger partial charge in [-0.3, -0.25) is 0 Å². The Labute approximate surface area is 127 Å². The molecule has 2 aromatic heterocycles. The van der Waals surface area contributed by atoms with Gasteiger partial charge in [0.2, 0.25) is 5.89 Å². The van der Waals surface area contributed by atoms with Crippen LogP contribution in [0.1, 0.15) is 11.5 Å². The van der Waals surface area contributed by atoms with Crippen molar-refractivity contribution >= 4 is 17.0 Å². The van der Waals surface area contributed by atoms with E-state index in [0.717, 1.165) is 27.8 Å². The van der Waals surface area contributed by atoms with Crippen LogP contribution >= 0.6 is 11.3 Å². The van der Waals surface area contributed by atoms with E-state index in [1.807, 2.05) is 55.7 Å². The third kappa shape index (κ3) is 3.08. The van der Waals surface area contributed by atoms with Gasteiger partial charge in [0.1, 0.15) is 23.8 Å². The molecule has 0 aliphatic heterocycles. The number of rotatable bonds is 5. The van der Waals surface area contributed by atoms with Crippen LogP contribution in [-0.2, 0) is 6.61 Å². The van der Waals surface area contributed by atoms with Gasteiger partial charge < -0.3 is 14.5 Å². The molecule has 0 saturated carbocycles. The van der Waals surface area contributed by atoms with Crippen LogP contribution in [0.15, 0.2) is 46.2 Å². The molecule has 0 unspecified atom stereocenters. The van der Waals surface area contributed by atoms with Crippen molar-refractivity contribution in [2.45, 2.75) is 13.5 Å². The first-order chi connectivity index (χ1) is 10.3. The van der Waals surface area contributed by atoms with E-state index in [2.05, 4.69) is 10.3 Å². The van der Waals surface area contributed by atoms with Crippen molar-refractivity contribution in [1.82, 2.24) is 4.98 Å². The monoisotopic (exact) mass is 300 g/mol. The van der Waals surface area contributed by atoms with Crippen LogP contribution in [0.5, 0.6) is 5.75 Å². The highest BCUT2D eigenvalue weighted by atomic mass is 32.1. The summed E-state index contributed by atoms with van der Waals surface area (Å²) < 4.78 is 11.4. The van der Waals surface area contributed by atoms with Gasteiger partial charge in [0.05, 0.1) is 4.88 Å². The molecule has 1 aromatic carbocycles. The van der Waals surface area contributed by atoms with E-state index < -0.39 is 0 Å². The van der Waals surface area contributed by atoms with Crippen LogP contribution in [0.4, 0.5) is 5.69 Å². The lowest BCUT2D eigenvalue weighted by atomic mass is 10.3. The van der Waals surface area contributed by atoms with E-state index in [1.54, 1.807) is 11.3 Å². The van der Waals surface area contributed by atoms with Gasteiger partial charge in [-0.2, -0.15) is 0 Å². The molecule has 3 rings (SSSR count). The first-order valence-corrected chi connectivity index (χ1v) is 7.55. The standard InChI is InChI=1S/C16H16N2O2S/c1-11-14(18-16(20-11)15-4-3-9-21-15)10-19-13-7-5-12(17-2)6-8-13/h3-9,17H,10H2,1-2H3. The lowest BCUT2D eigenvalue weighted by Gasteiger charge is -2.05. The van der Waals surface area contributed by atoms with Crippen LogP contribution in [0.2, 0.25) is 0 Å². The van der Waals surface area contributed by atoms with Crippen LogP contribution in [0, 0.1) is 6.92 Å². The number of hydrogen-bond acceptors (Lipinski definition) is 5. The van der Waals surface area contributed by atoms with Crippen LogP contribution < -0.4 is 10.1 Å². The minimum atomic E-state index is 0.402. The zero-order valence-electron chi connectivity index (χ0n) is 11.9. The molecule has 0 amide bonds. The predicted molar refractivity (Wildman–Crippen MR) is 84.9 cm³/mol. The topological polar surface area (TPSA) is 47.3 Å². The molecule has 4 nitrogen and oxygen atoms in total. The number of ether oxygens (including phenoxy) is 1. The predicted octanol–water partition coefficient (Wildman–Crippen LogP) is 4.33. The Morgan fingerprint density at radius 2 is 2.05 bits per heavy atom. The molecule has 0 bridgehead atoms. The first kappa shape index (κ1) is 13.7. The summed E-state index contributed by atoms with van der Waals surface area (Å²) in [4.78, 5) is 5.54. The summed E-state index contributed by atoms with van der Waals surface area (Å²) >= 11 is 1.61. The number of thiophene rings is 1. The van der Waals surface area contributed by atoms with Gasteiger partial charge in [-0.25, -0.2) is 4.98 Å². The van der Waals surface area contributed by atoms with Crippen LogP contribution in [0.25, 0.3) is 10.8 Å². The van der Waals surface area contributed by atoms with E-state index in [1.165, 1.54) is 0 Å². The third-order valence-corrected chi connectivity index (χ3v) is 4.00. The Kier molecular flexibility index (Phi) is 3.92. The van der Waals surface area contributed by atoms with Crippen LogP contribution in [-0.4, -0.2) is 12.0 Å². The molecule has 0 atom stereocenters. The fourth-order valence-corrected chi connectivity index (χ4v) is 2.59. The Morgan fingerprint density at radius 3 is 2.71 bits per heavy atom. The summed E-state index contributed by atoms with van der Waals surface area (Å²) in [6.07, 6.45) is 0. The molecule has 0 fully saturated rings. The number of nitrogens with zero attached hydrogens (tertiary/aromatic N) is 1. The van der Waals surface area contributed by atoms with Gasteiger partial charge in [-0.1, -0.05) is 6.07 Å². The molecule has 108 valence electrons. The van der Waals surface area contributed by atoms with E-state index >= 15 is 0 Å². The van der Waals surface area contributed by atoms with E-state index in [4.69, 9.17) is 9.15 Å². The maximum Gasteiger partial charge on any atom is 0.236 e. The van der Waals surface area contributed by atoms with E-state index in [9.17, 15) is 0 Å². The van der Waals surface area contributed by atoms with Crippen molar-refractivity contribution in [3.63, 3.8) is 0 Å². The molecule has 21 heavy (non-hydrogen) atoms. The summed E-state index contributed by atoms with van der Waals surface area (Å²) in [6, 6.07) is 11.8. The maximum atomic E-state index is 5.76. The summed E-state index contributed by atoms with van der Waals surface area (Å²) in [5.41, 5.74) is 1.89. The smallest absolute Gasteiger partial charge is 0.236 e. The van der Waals surface area contributed by atoms with Crippen molar-refractivity contribution in [3.05, 3.63) is 53.2 Å². The average molecular weight is 300 g/mol. The molecule has 0 aliphatic rings. The number of hydrogen-bond donors (Lipinski definition) is 1. The highest BCUT2D eigenvalue weighted by Gasteiger charge is 2.12.